The summed E-state index contributed by atoms with van der Waals surface area (Å²) >= 11 is 0. The fourth-order valence-electron chi connectivity index (χ4n) is 14.5. The van der Waals surface area contributed by atoms with E-state index in [4.69, 9.17) is 40.9 Å². The summed E-state index contributed by atoms with van der Waals surface area (Å²) in [5, 5.41) is 166. The van der Waals surface area contributed by atoms with E-state index >= 15 is 0 Å². The van der Waals surface area contributed by atoms with E-state index in [0.717, 1.165) is 162 Å². The topological polar surface area (TPSA) is 636 Å². The zero-order chi connectivity index (χ0) is 63.3. The van der Waals surface area contributed by atoms with Crippen molar-refractivity contribution in [3.05, 3.63) is 153 Å². The summed E-state index contributed by atoms with van der Waals surface area (Å²) in [6.07, 6.45) is 14.5. The molecule has 12 rings (SSSR count). The molecular weight excluding hydrogens is 1960 g/mol. The van der Waals surface area contributed by atoms with Gasteiger partial charge < -0.3 is 148 Å². The van der Waals surface area contributed by atoms with Crippen molar-refractivity contribution in [1.82, 2.24) is 0 Å². The molecule has 0 bridgehead atoms. The van der Waals surface area contributed by atoms with E-state index in [0.29, 0.717) is 45.9 Å². The summed E-state index contributed by atoms with van der Waals surface area (Å²) in [4.78, 5) is 0. The summed E-state index contributed by atoms with van der Waals surface area (Å²) < 4.78 is 0. The van der Waals surface area contributed by atoms with Crippen molar-refractivity contribution in [2.45, 2.75) is 166 Å². The number of aliphatic hydroxyl groups excluding tert-OH is 8. The van der Waals surface area contributed by atoms with E-state index in [1.54, 1.807) is 72.8 Å². The second-order valence-corrected chi connectivity index (χ2v) is 25.6. The van der Waals surface area contributed by atoms with Crippen molar-refractivity contribution in [2.75, 3.05) is 45.8 Å². The molecule has 8 aliphatic rings. The molecular formula is C68H116N6Ni12O22-6. The molecule has 40 heteroatoms. The zero-order valence-electron chi connectivity index (χ0n) is 58.7. The summed E-state index contributed by atoms with van der Waals surface area (Å²) in [6, 6.07) is 19.7. The number of rotatable bonds is 10. The zero-order valence-corrected chi connectivity index (χ0v) is 70.6. The van der Waals surface area contributed by atoms with Crippen LogP contribution >= 0.6 is 0 Å². The van der Waals surface area contributed by atoms with Crippen molar-refractivity contribution in [1.29, 1.82) is 0 Å². The van der Waals surface area contributed by atoms with Crippen LogP contribution in [0.25, 0.3) is 55.1 Å². The van der Waals surface area contributed by atoms with Crippen molar-refractivity contribution in [3.8, 4) is 0 Å². The molecule has 4 saturated carbocycles. The Labute approximate surface area is 756 Å². The number of piperidine rings is 3. The van der Waals surface area contributed by atoms with Gasteiger partial charge in [-0.1, -0.05) is 105 Å². The summed E-state index contributed by atoms with van der Waals surface area (Å²) in [5.41, 5.74) is 3.11. The van der Waals surface area contributed by atoms with Gasteiger partial charge in [-0.2, -0.15) is 6.20 Å². The number of nitrogens with zero attached hydrogens (tertiary/aromatic N) is 4. The molecule has 0 aromatic heterocycles. The first kappa shape index (κ1) is 141. The molecule has 3 saturated heterocycles. The van der Waals surface area contributed by atoms with Gasteiger partial charge in [0.1, 0.15) is 0 Å². The normalized spacial score (nSPS) is 21.3. The molecule has 28 nitrogen and oxygen atoms in total. The minimum absolute atomic E-state index is 0. The number of nitrogens with two attached hydrogens (primary N) is 2. The molecule has 4 aromatic rings. The number of hydrogen-bond acceptors (Lipinski definition) is 16. The SMILES string of the molecule is C1=CC(C2CC[N-]CC2)=CC[N-]1.C1CC(C2CC[N-]CC2)CC[N-]1.O.O.O.O.O.O.OC(O)C1CCC2CC(C(O)O)CCC2C1.OC(O)C1CCC2CC(C(O)O)CCC2C1.OC(O)c1ccc2cc(C(O)O)ccc2c1.OC(O)c1ccc2cc(C(O)O)ccc2c1.[NH2-].[NH2-].[Ni].[Ni].[Ni].[Ni].[Ni].[Ni].[Ni].[Ni].[Ni].[Ni].[Ni].[Ni]. The Morgan fingerprint density at radius 1 is 0.278 bits per heavy atom. The molecule has 32 N–H and O–H groups in total. The largest absolute Gasteiger partial charge is 0.693 e. The molecule has 4 aromatic carbocycles. The van der Waals surface area contributed by atoms with Gasteiger partial charge in [-0.15, -0.1) is 45.8 Å². The first-order valence-corrected chi connectivity index (χ1v) is 32.1. The molecule has 676 valence electrons. The average Bonchev–Trinajstić information content (AvgIpc) is 0.838. The Kier molecular flexibility index (Phi) is 97.9. The van der Waals surface area contributed by atoms with Crippen LogP contribution in [-0.4, -0.2) is 186 Å². The Morgan fingerprint density at radius 2 is 0.500 bits per heavy atom. The first-order chi connectivity index (χ1) is 42.2. The van der Waals surface area contributed by atoms with Crippen LogP contribution in [0.5, 0.6) is 0 Å². The van der Waals surface area contributed by atoms with E-state index in [2.05, 4.69) is 33.4 Å². The molecule has 4 aliphatic heterocycles. The molecule has 8 unspecified atom stereocenters. The van der Waals surface area contributed by atoms with Crippen LogP contribution in [0.2, 0.25) is 0 Å². The van der Waals surface area contributed by atoms with E-state index in [1.165, 1.54) is 44.1 Å². The van der Waals surface area contributed by atoms with Crippen molar-refractivity contribution < 1.29 is 312 Å². The quantitative estimate of drug-likeness (QED) is 0.0785. The molecule has 0 spiro atoms. The fraction of sp³-hybridized carbons (Fsp3) is 0.647. The van der Waals surface area contributed by atoms with E-state index in [1.807, 2.05) is 6.20 Å². The third kappa shape index (κ3) is 46.8. The monoisotopic (exact) mass is 2060 g/mol. The van der Waals surface area contributed by atoms with E-state index in [9.17, 15) is 40.9 Å². The van der Waals surface area contributed by atoms with Gasteiger partial charge in [0.2, 0.25) is 0 Å². The van der Waals surface area contributed by atoms with Crippen molar-refractivity contribution in [2.24, 2.45) is 65.1 Å². The number of hydrogen-bond donors (Lipinski definition) is 16. The summed E-state index contributed by atoms with van der Waals surface area (Å²) in [6.45, 7) is 7.46. The molecule has 108 heavy (non-hydrogen) atoms. The Bertz CT molecular complexity index is 2480. The number of allylic oxidation sites excluding steroid dienone is 2. The maximum Gasteiger partial charge on any atom is 0.178 e. The van der Waals surface area contributed by atoms with Crippen LogP contribution in [-0.2, 0) is 198 Å². The van der Waals surface area contributed by atoms with Crippen LogP contribution in [0.3, 0.4) is 0 Å². The summed E-state index contributed by atoms with van der Waals surface area (Å²) in [5.74, 6) is 5.03. The van der Waals surface area contributed by atoms with Crippen LogP contribution < -0.4 is 0 Å². The minimum atomic E-state index is -1.49. The van der Waals surface area contributed by atoms with Gasteiger partial charge in [-0.3, -0.25) is 0 Å². The molecule has 7 fully saturated rings. The van der Waals surface area contributed by atoms with Crippen LogP contribution in [0, 0.1) is 65.1 Å². The third-order valence-corrected chi connectivity index (χ3v) is 19.9. The Hall–Kier alpha value is 1.52. The van der Waals surface area contributed by atoms with E-state index in [-0.39, 0.29) is 267 Å². The van der Waals surface area contributed by atoms with Crippen LogP contribution in [0.4, 0.5) is 0 Å². The van der Waals surface area contributed by atoms with Gasteiger partial charge in [-0.05, 0) is 164 Å². The van der Waals surface area contributed by atoms with Gasteiger partial charge in [0.25, 0.3) is 0 Å². The molecule has 0 radical (unpaired) electrons. The molecule has 4 aliphatic carbocycles. The van der Waals surface area contributed by atoms with Gasteiger partial charge in [0, 0.05) is 244 Å². The third-order valence-electron chi connectivity index (χ3n) is 19.9. The Morgan fingerprint density at radius 3 is 0.694 bits per heavy atom. The van der Waals surface area contributed by atoms with Crippen molar-refractivity contribution in [3.63, 3.8) is 0 Å². The predicted octanol–water partition coefficient (Wildman–Crippen LogP) is 4.10. The van der Waals surface area contributed by atoms with Gasteiger partial charge in [0.15, 0.2) is 50.3 Å². The number of aliphatic hydroxyl groups is 16. The average molecular weight is 2070 g/mol. The second-order valence-electron chi connectivity index (χ2n) is 25.6. The predicted molar refractivity (Wildman–Crippen MR) is 368 cm³/mol. The molecule has 4 heterocycles. The van der Waals surface area contributed by atoms with Gasteiger partial charge in [-0.25, -0.2) is 0 Å². The standard InChI is InChI=1S/2C12H22O4.2C12H12O4.C10H18N2.C10H14N2.2H2N.12Ni.6H2O/c4*13-11(14)9-3-1-7-5-10(12(15)16)4-2-8(7)6-9;2*1-5-11-6-2-9(1)10-3-7-12-8-4-10;;;;;;;;;;;;;;;;;;;;/h2*7-16H,1-6H2;2*1-6,11-16H;9-10H,1-8H2;1-2,5,10H,3-4,6-8H2;2*1H2;;;;;;;;;;;;;6*1H2/q;;;;2*-2;2*-1;;;;;;;;;;;;;;;;;;. The van der Waals surface area contributed by atoms with Gasteiger partial charge in [0.05, 0.1) is 0 Å². The van der Waals surface area contributed by atoms with Gasteiger partial charge >= 0.3 is 0 Å². The maximum atomic E-state index is 9.18. The molecule has 0 amide bonds. The first-order valence-electron chi connectivity index (χ1n) is 32.1. The van der Waals surface area contributed by atoms with Crippen LogP contribution in [0.15, 0.2) is 96.7 Å². The Balaban J connectivity index is -0.0000000791. The summed E-state index contributed by atoms with van der Waals surface area (Å²) in [7, 11) is 0. The van der Waals surface area contributed by atoms with Crippen LogP contribution in [0.1, 0.15) is 163 Å². The number of benzene rings is 4. The maximum absolute atomic E-state index is 9.18. The molecule has 8 atom stereocenters. The number of fused-ring (bicyclic) bond motifs is 4. The van der Waals surface area contributed by atoms with E-state index < -0.39 is 50.3 Å². The fourth-order valence-corrected chi connectivity index (χ4v) is 14.5. The van der Waals surface area contributed by atoms with Crippen molar-refractivity contribution >= 4 is 21.5 Å². The minimum Gasteiger partial charge on any atom is -0.693 e. The smallest absolute Gasteiger partial charge is 0.178 e. The second kappa shape index (κ2) is 74.8.